The Bertz CT molecular complexity index is 833. The van der Waals surface area contributed by atoms with Crippen molar-refractivity contribution in [3.63, 3.8) is 0 Å². The van der Waals surface area contributed by atoms with E-state index in [9.17, 15) is 4.91 Å². The van der Waals surface area contributed by atoms with Gasteiger partial charge in [0.2, 0.25) is 6.29 Å². The van der Waals surface area contributed by atoms with E-state index in [1.54, 1.807) is 0 Å². The third-order valence-corrected chi connectivity index (χ3v) is 6.18. The molecule has 1 heterocycles. The number of hydrogen-bond acceptors (Lipinski definition) is 4. The number of para-hydroxylation sites is 2. The number of benzene rings is 2. The standard InChI is InChI=1S/C27H37N3O/c1-17(2)21-11-9-12-22(18(3)4)25(21)29-15-16-30(27(29)28-31)26-23(19(5)6)13-10-14-24(26)20(7)8/h9-20,27H,1-8H3. The molecule has 0 fully saturated rings. The highest BCUT2D eigenvalue weighted by molar-refractivity contribution is 5.72. The van der Waals surface area contributed by atoms with Crippen LogP contribution < -0.4 is 9.80 Å². The Kier molecular flexibility index (Phi) is 6.88. The van der Waals surface area contributed by atoms with Crippen LogP contribution in [-0.4, -0.2) is 6.29 Å². The van der Waals surface area contributed by atoms with Crippen molar-refractivity contribution >= 4 is 11.4 Å². The van der Waals surface area contributed by atoms with Gasteiger partial charge in [-0.1, -0.05) is 91.8 Å². The Morgan fingerprint density at radius 1 is 0.613 bits per heavy atom. The topological polar surface area (TPSA) is 35.9 Å². The molecule has 2 aromatic carbocycles. The first-order valence-corrected chi connectivity index (χ1v) is 11.5. The minimum atomic E-state index is -0.644. The fraction of sp³-hybridized carbons (Fsp3) is 0.481. The van der Waals surface area contributed by atoms with Crippen molar-refractivity contribution in [3.05, 3.63) is 76.0 Å². The molecule has 0 saturated carbocycles. The van der Waals surface area contributed by atoms with Crippen LogP contribution in [0.1, 0.15) is 101 Å². The molecule has 166 valence electrons. The highest BCUT2D eigenvalue weighted by Gasteiger charge is 2.35. The maximum absolute atomic E-state index is 12.3. The maximum Gasteiger partial charge on any atom is 0.247 e. The fourth-order valence-corrected chi connectivity index (χ4v) is 4.53. The summed E-state index contributed by atoms with van der Waals surface area (Å²) in [5, 5.41) is 3.64. The molecule has 3 rings (SSSR count). The van der Waals surface area contributed by atoms with Gasteiger partial charge in [-0.15, -0.1) is 4.91 Å². The molecule has 0 bridgehead atoms. The molecule has 0 aromatic heterocycles. The predicted molar refractivity (Wildman–Crippen MR) is 133 cm³/mol. The largest absolute Gasteiger partial charge is 0.304 e. The summed E-state index contributed by atoms with van der Waals surface area (Å²) >= 11 is 0. The van der Waals surface area contributed by atoms with Crippen LogP contribution in [0.2, 0.25) is 0 Å². The lowest BCUT2D eigenvalue weighted by atomic mass is 9.91. The van der Waals surface area contributed by atoms with Crippen molar-refractivity contribution in [1.29, 1.82) is 0 Å². The highest BCUT2D eigenvalue weighted by Crippen LogP contribution is 2.43. The molecule has 1 aliphatic heterocycles. The first-order valence-electron chi connectivity index (χ1n) is 11.5. The van der Waals surface area contributed by atoms with Gasteiger partial charge in [0.25, 0.3) is 0 Å². The molecule has 0 unspecified atom stereocenters. The van der Waals surface area contributed by atoms with Gasteiger partial charge < -0.3 is 9.80 Å². The lowest BCUT2D eigenvalue weighted by Gasteiger charge is -2.34. The van der Waals surface area contributed by atoms with Gasteiger partial charge in [0.15, 0.2) is 0 Å². The molecule has 0 atom stereocenters. The second-order valence-electron chi connectivity index (χ2n) is 9.75. The van der Waals surface area contributed by atoms with E-state index in [0.717, 1.165) is 11.4 Å². The van der Waals surface area contributed by atoms with Crippen LogP contribution in [-0.2, 0) is 0 Å². The Morgan fingerprint density at radius 3 is 1.13 bits per heavy atom. The number of nitrogens with zero attached hydrogens (tertiary/aromatic N) is 3. The number of nitroso groups, excluding NO2 is 1. The molecule has 0 saturated heterocycles. The quantitative estimate of drug-likeness (QED) is 0.426. The van der Waals surface area contributed by atoms with Gasteiger partial charge in [-0.05, 0) is 51.1 Å². The fourth-order valence-electron chi connectivity index (χ4n) is 4.53. The van der Waals surface area contributed by atoms with Gasteiger partial charge in [0.1, 0.15) is 0 Å². The highest BCUT2D eigenvalue weighted by atomic mass is 16.3. The second-order valence-corrected chi connectivity index (χ2v) is 9.75. The number of hydrogen-bond donors (Lipinski definition) is 0. The summed E-state index contributed by atoms with van der Waals surface area (Å²) in [7, 11) is 0. The zero-order valence-corrected chi connectivity index (χ0v) is 20.3. The lowest BCUT2D eigenvalue weighted by molar-refractivity contribution is 0.685. The van der Waals surface area contributed by atoms with Crippen molar-refractivity contribution in [2.45, 2.75) is 85.4 Å². The van der Waals surface area contributed by atoms with E-state index in [2.05, 4.69) is 107 Å². The summed E-state index contributed by atoms with van der Waals surface area (Å²) in [5.41, 5.74) is 7.20. The van der Waals surface area contributed by atoms with E-state index in [1.165, 1.54) is 22.3 Å². The van der Waals surface area contributed by atoms with E-state index < -0.39 is 6.29 Å². The normalized spacial score (nSPS) is 14.7. The molecule has 31 heavy (non-hydrogen) atoms. The molecule has 0 N–H and O–H groups in total. The zero-order chi connectivity index (χ0) is 22.9. The van der Waals surface area contributed by atoms with Crippen molar-refractivity contribution in [2.75, 3.05) is 9.80 Å². The second kappa shape index (κ2) is 9.25. The average molecular weight is 420 g/mol. The van der Waals surface area contributed by atoms with Crippen molar-refractivity contribution in [1.82, 2.24) is 0 Å². The Labute approximate surface area is 187 Å². The molecule has 2 aromatic rings. The van der Waals surface area contributed by atoms with E-state index in [-0.39, 0.29) is 0 Å². The first kappa shape index (κ1) is 23.1. The molecule has 0 spiro atoms. The third-order valence-electron chi connectivity index (χ3n) is 6.18. The van der Waals surface area contributed by atoms with Crippen LogP contribution in [0.4, 0.5) is 11.4 Å². The van der Waals surface area contributed by atoms with E-state index in [1.807, 2.05) is 12.4 Å². The molecular formula is C27H37N3O. The van der Waals surface area contributed by atoms with E-state index in [4.69, 9.17) is 0 Å². The van der Waals surface area contributed by atoms with Gasteiger partial charge in [-0.3, -0.25) is 0 Å². The minimum absolute atomic E-state index is 0.345. The van der Waals surface area contributed by atoms with Gasteiger partial charge in [-0.25, -0.2) is 0 Å². The zero-order valence-electron chi connectivity index (χ0n) is 20.3. The van der Waals surface area contributed by atoms with Crippen molar-refractivity contribution in [3.8, 4) is 0 Å². The number of anilines is 2. The molecule has 0 aliphatic carbocycles. The maximum atomic E-state index is 12.3. The first-order chi connectivity index (χ1) is 14.7. The van der Waals surface area contributed by atoms with Crippen LogP contribution in [0.25, 0.3) is 0 Å². The Balaban J connectivity index is 2.18. The molecule has 0 amide bonds. The van der Waals surface area contributed by atoms with Crippen LogP contribution >= 0.6 is 0 Å². The molecule has 4 nitrogen and oxygen atoms in total. The third kappa shape index (κ3) is 4.26. The molecular weight excluding hydrogens is 382 g/mol. The lowest BCUT2D eigenvalue weighted by Crippen LogP contribution is -2.39. The van der Waals surface area contributed by atoms with Crippen LogP contribution in [0, 0.1) is 4.91 Å². The summed E-state index contributed by atoms with van der Waals surface area (Å²) in [4.78, 5) is 16.5. The van der Waals surface area contributed by atoms with E-state index in [0.29, 0.717) is 23.7 Å². The smallest absolute Gasteiger partial charge is 0.247 e. The van der Waals surface area contributed by atoms with Gasteiger partial charge in [-0.2, -0.15) is 0 Å². The summed E-state index contributed by atoms with van der Waals surface area (Å²) in [6.45, 7) is 17.6. The van der Waals surface area contributed by atoms with Gasteiger partial charge in [0.05, 0.1) is 11.4 Å². The van der Waals surface area contributed by atoms with Gasteiger partial charge in [0, 0.05) is 12.4 Å². The van der Waals surface area contributed by atoms with Crippen molar-refractivity contribution < 1.29 is 0 Å². The van der Waals surface area contributed by atoms with Crippen LogP contribution in [0.5, 0.6) is 0 Å². The molecule has 1 aliphatic rings. The average Bonchev–Trinajstić information content (AvgIpc) is 3.15. The monoisotopic (exact) mass is 419 g/mol. The summed E-state index contributed by atoms with van der Waals surface area (Å²) in [6, 6.07) is 12.9. The van der Waals surface area contributed by atoms with Crippen LogP contribution in [0.3, 0.4) is 0 Å². The van der Waals surface area contributed by atoms with Crippen molar-refractivity contribution in [2.24, 2.45) is 5.18 Å². The summed E-state index contributed by atoms with van der Waals surface area (Å²) in [6.07, 6.45) is 3.41. The minimum Gasteiger partial charge on any atom is -0.304 e. The summed E-state index contributed by atoms with van der Waals surface area (Å²) in [5.74, 6) is 1.38. The molecule has 4 heteroatoms. The summed E-state index contributed by atoms with van der Waals surface area (Å²) < 4.78 is 0. The molecule has 0 radical (unpaired) electrons. The Hall–Kier alpha value is -2.62. The predicted octanol–water partition coefficient (Wildman–Crippen LogP) is 8.03. The van der Waals surface area contributed by atoms with E-state index >= 15 is 0 Å². The Morgan fingerprint density at radius 2 is 0.903 bits per heavy atom. The van der Waals surface area contributed by atoms with Crippen LogP contribution in [0.15, 0.2) is 54.0 Å². The SMILES string of the molecule is CC(C)c1cccc(C(C)C)c1N1C=CN(c2c(C(C)C)cccc2C(C)C)C1N=O. The number of rotatable bonds is 7. The van der Waals surface area contributed by atoms with Gasteiger partial charge >= 0.3 is 0 Å².